The Balaban J connectivity index is 3.18. The summed E-state index contributed by atoms with van der Waals surface area (Å²) in [5.74, 6) is 0. The summed E-state index contributed by atoms with van der Waals surface area (Å²) in [7, 11) is 0. The minimum atomic E-state index is -0.863. The third-order valence-corrected chi connectivity index (χ3v) is 2.38. The molecule has 0 fully saturated rings. The molecule has 0 amide bonds. The van der Waals surface area contributed by atoms with Crippen LogP contribution in [0, 0.1) is 11.3 Å². The van der Waals surface area contributed by atoms with Gasteiger partial charge in [0.2, 0.25) is 5.71 Å². The van der Waals surface area contributed by atoms with Crippen LogP contribution in [0.25, 0.3) is 11.1 Å². The number of nitriles is 1. The molecule has 0 spiro atoms. The van der Waals surface area contributed by atoms with Crippen LogP contribution in [0.1, 0.15) is 18.1 Å². The van der Waals surface area contributed by atoms with Crippen LogP contribution < -0.4 is 16.9 Å². The summed E-state index contributed by atoms with van der Waals surface area (Å²) in [6.07, 6.45) is 0.306. The van der Waals surface area contributed by atoms with E-state index in [0.29, 0.717) is 6.42 Å². The fourth-order valence-electron chi connectivity index (χ4n) is 1.67. The van der Waals surface area contributed by atoms with Crippen molar-refractivity contribution < 1.29 is 4.42 Å². The lowest BCUT2D eigenvalue weighted by Crippen LogP contribution is -2.25. The molecule has 0 aromatic carbocycles. The second-order valence-electron chi connectivity index (χ2n) is 3.32. The standard InChI is InChI=1S/C10H7N3O4/c1-2-4-5(3-11)9(15)17-8-6(4)7(14)12-10(16)13-8/h2H2,1H3,(H2,12,13,14,16). The first-order valence-corrected chi connectivity index (χ1v) is 4.80. The van der Waals surface area contributed by atoms with Crippen molar-refractivity contribution in [1.29, 1.82) is 5.26 Å². The van der Waals surface area contributed by atoms with Gasteiger partial charge >= 0.3 is 11.3 Å². The van der Waals surface area contributed by atoms with Crippen molar-refractivity contribution in [2.24, 2.45) is 0 Å². The number of rotatable bonds is 1. The van der Waals surface area contributed by atoms with Crippen LogP contribution in [0.2, 0.25) is 0 Å². The zero-order chi connectivity index (χ0) is 12.6. The Bertz CT molecular complexity index is 803. The summed E-state index contributed by atoms with van der Waals surface area (Å²) in [4.78, 5) is 38.3. The molecule has 2 aromatic rings. The Morgan fingerprint density at radius 1 is 1.29 bits per heavy atom. The Labute approximate surface area is 93.3 Å². The van der Waals surface area contributed by atoms with Crippen LogP contribution in [0.3, 0.4) is 0 Å². The van der Waals surface area contributed by atoms with Crippen LogP contribution >= 0.6 is 0 Å². The fraction of sp³-hybridized carbons (Fsp3) is 0.200. The van der Waals surface area contributed by atoms with E-state index in [1.165, 1.54) is 0 Å². The molecular formula is C10H7N3O4. The maximum Gasteiger partial charge on any atom is 0.355 e. The minimum Gasteiger partial charge on any atom is -0.404 e. The number of H-pyrrole nitrogens is 2. The summed E-state index contributed by atoms with van der Waals surface area (Å²) < 4.78 is 4.73. The van der Waals surface area contributed by atoms with Crippen molar-refractivity contribution in [2.45, 2.75) is 13.3 Å². The van der Waals surface area contributed by atoms with Crippen LogP contribution in [-0.2, 0) is 6.42 Å². The van der Waals surface area contributed by atoms with E-state index in [-0.39, 0.29) is 22.2 Å². The van der Waals surface area contributed by atoms with Gasteiger partial charge in [0.05, 0.1) is 0 Å². The van der Waals surface area contributed by atoms with Crippen LogP contribution in [0.5, 0.6) is 0 Å². The molecule has 2 aromatic heterocycles. The smallest absolute Gasteiger partial charge is 0.355 e. The molecule has 0 radical (unpaired) electrons. The van der Waals surface area contributed by atoms with E-state index in [1.54, 1.807) is 13.0 Å². The molecule has 0 saturated carbocycles. The zero-order valence-electron chi connectivity index (χ0n) is 8.79. The number of nitrogens with zero attached hydrogens (tertiary/aromatic N) is 1. The van der Waals surface area contributed by atoms with E-state index in [2.05, 4.69) is 4.98 Å². The van der Waals surface area contributed by atoms with Gasteiger partial charge in [0.1, 0.15) is 17.0 Å². The van der Waals surface area contributed by atoms with Crippen molar-refractivity contribution >= 4 is 11.1 Å². The molecule has 0 bridgehead atoms. The van der Waals surface area contributed by atoms with Crippen LogP contribution in [-0.4, -0.2) is 9.97 Å². The molecule has 0 unspecified atom stereocenters. The summed E-state index contributed by atoms with van der Waals surface area (Å²) in [6.45, 7) is 1.69. The number of aryl methyl sites for hydroxylation is 1. The SMILES string of the molecule is CCc1c(C#N)c(=O)oc2[nH]c(=O)[nH]c(=O)c12. The van der Waals surface area contributed by atoms with Crippen LogP contribution in [0.15, 0.2) is 18.8 Å². The molecule has 2 heterocycles. The van der Waals surface area contributed by atoms with Crippen molar-refractivity contribution in [1.82, 2.24) is 9.97 Å². The molecule has 17 heavy (non-hydrogen) atoms. The molecule has 0 saturated heterocycles. The van der Waals surface area contributed by atoms with Crippen LogP contribution in [0.4, 0.5) is 0 Å². The third kappa shape index (κ3) is 1.56. The normalized spacial score (nSPS) is 10.4. The van der Waals surface area contributed by atoms with Gasteiger partial charge in [0, 0.05) is 0 Å². The minimum absolute atomic E-state index is 0.0308. The van der Waals surface area contributed by atoms with Gasteiger partial charge in [-0.05, 0) is 12.0 Å². The number of aromatic nitrogens is 2. The lowest BCUT2D eigenvalue weighted by molar-refractivity contribution is 0.542. The number of aromatic amines is 2. The molecular weight excluding hydrogens is 226 g/mol. The van der Waals surface area contributed by atoms with Gasteiger partial charge in [-0.1, -0.05) is 6.92 Å². The van der Waals surface area contributed by atoms with E-state index in [0.717, 1.165) is 0 Å². The number of nitrogens with one attached hydrogen (secondary N) is 2. The fourth-order valence-corrected chi connectivity index (χ4v) is 1.67. The highest BCUT2D eigenvalue weighted by atomic mass is 16.4. The maximum atomic E-state index is 11.6. The van der Waals surface area contributed by atoms with Gasteiger partial charge in [0.25, 0.3) is 5.56 Å². The van der Waals surface area contributed by atoms with Crippen molar-refractivity contribution in [2.75, 3.05) is 0 Å². The van der Waals surface area contributed by atoms with E-state index in [4.69, 9.17) is 9.68 Å². The van der Waals surface area contributed by atoms with Gasteiger partial charge in [-0.15, -0.1) is 0 Å². The summed E-state index contributed by atoms with van der Waals surface area (Å²) in [5, 5.41) is 8.87. The Kier molecular flexibility index (Phi) is 2.40. The van der Waals surface area contributed by atoms with Gasteiger partial charge in [-0.3, -0.25) is 14.8 Å². The average Bonchev–Trinajstić information content (AvgIpc) is 2.26. The first kappa shape index (κ1) is 10.9. The van der Waals surface area contributed by atoms with Crippen molar-refractivity contribution in [3.8, 4) is 6.07 Å². The second-order valence-corrected chi connectivity index (χ2v) is 3.32. The number of hydrogen-bond acceptors (Lipinski definition) is 5. The van der Waals surface area contributed by atoms with Crippen molar-refractivity contribution in [3.63, 3.8) is 0 Å². The molecule has 7 nitrogen and oxygen atoms in total. The first-order chi connectivity index (χ1) is 8.08. The number of hydrogen-bond donors (Lipinski definition) is 2. The Morgan fingerprint density at radius 2 is 2.00 bits per heavy atom. The lowest BCUT2D eigenvalue weighted by Gasteiger charge is -2.02. The molecule has 0 aliphatic heterocycles. The van der Waals surface area contributed by atoms with E-state index in [9.17, 15) is 14.4 Å². The van der Waals surface area contributed by atoms with E-state index >= 15 is 0 Å². The highest BCUT2D eigenvalue weighted by molar-refractivity contribution is 5.77. The van der Waals surface area contributed by atoms with E-state index < -0.39 is 16.9 Å². The molecule has 0 aliphatic carbocycles. The first-order valence-electron chi connectivity index (χ1n) is 4.80. The summed E-state index contributed by atoms with van der Waals surface area (Å²) in [6, 6.07) is 1.70. The zero-order valence-corrected chi connectivity index (χ0v) is 8.79. The highest BCUT2D eigenvalue weighted by Gasteiger charge is 2.16. The Hall–Kier alpha value is -2.62. The highest BCUT2D eigenvalue weighted by Crippen LogP contribution is 2.13. The monoisotopic (exact) mass is 233 g/mol. The van der Waals surface area contributed by atoms with Crippen molar-refractivity contribution in [3.05, 3.63) is 42.4 Å². The average molecular weight is 233 g/mol. The van der Waals surface area contributed by atoms with Gasteiger partial charge in [-0.2, -0.15) is 5.26 Å². The third-order valence-electron chi connectivity index (χ3n) is 2.38. The van der Waals surface area contributed by atoms with Gasteiger partial charge < -0.3 is 4.42 Å². The predicted molar refractivity (Wildman–Crippen MR) is 57.8 cm³/mol. The molecule has 0 atom stereocenters. The molecule has 86 valence electrons. The maximum absolute atomic E-state index is 11.6. The largest absolute Gasteiger partial charge is 0.404 e. The quantitative estimate of drug-likeness (QED) is 0.694. The lowest BCUT2D eigenvalue weighted by atomic mass is 10.1. The molecule has 0 aliphatic rings. The summed E-state index contributed by atoms with van der Waals surface area (Å²) in [5.41, 5.74) is -2.45. The van der Waals surface area contributed by atoms with Gasteiger partial charge in [0.15, 0.2) is 0 Å². The number of fused-ring (bicyclic) bond motifs is 1. The van der Waals surface area contributed by atoms with Gasteiger partial charge in [-0.25, -0.2) is 9.59 Å². The predicted octanol–water partition coefficient (Wildman–Crippen LogP) is -0.396. The second kappa shape index (κ2) is 3.75. The molecule has 2 N–H and O–H groups in total. The Morgan fingerprint density at radius 3 is 2.59 bits per heavy atom. The topological polar surface area (TPSA) is 120 Å². The molecule has 7 heteroatoms. The molecule has 2 rings (SSSR count). The van der Waals surface area contributed by atoms with E-state index in [1.807, 2.05) is 4.98 Å². The summed E-state index contributed by atoms with van der Waals surface area (Å²) >= 11 is 0.